The molecular weight excluding hydrogens is 216 g/mol. The molecule has 0 radical (unpaired) electrons. The monoisotopic (exact) mass is 232 g/mol. The van der Waals surface area contributed by atoms with Gasteiger partial charge in [0.15, 0.2) is 5.82 Å². The summed E-state index contributed by atoms with van der Waals surface area (Å²) in [5.41, 5.74) is 8.69. The van der Waals surface area contributed by atoms with E-state index in [-0.39, 0.29) is 0 Å². The number of hydrogen-bond acceptors (Lipinski definition) is 4. The van der Waals surface area contributed by atoms with Gasteiger partial charge in [0.05, 0.1) is 12.8 Å². The molecule has 1 aromatic carbocycles. The van der Waals surface area contributed by atoms with Gasteiger partial charge in [-0.25, -0.2) is 4.68 Å². The normalized spacial score (nSPS) is 10.5. The molecule has 0 atom stereocenters. The zero-order valence-electron chi connectivity index (χ0n) is 10.3. The van der Waals surface area contributed by atoms with Gasteiger partial charge in [0.2, 0.25) is 0 Å². The Labute approximate surface area is 100 Å². The fourth-order valence-electron chi connectivity index (χ4n) is 1.80. The van der Waals surface area contributed by atoms with Gasteiger partial charge in [-0.2, -0.15) is 0 Å². The fourth-order valence-corrected chi connectivity index (χ4v) is 1.80. The summed E-state index contributed by atoms with van der Waals surface area (Å²) >= 11 is 0. The highest BCUT2D eigenvalue weighted by Crippen LogP contribution is 2.25. The molecule has 5 nitrogen and oxygen atoms in total. The van der Waals surface area contributed by atoms with Crippen LogP contribution in [0.4, 0.5) is 5.82 Å². The summed E-state index contributed by atoms with van der Waals surface area (Å²) in [6.07, 6.45) is 0.774. The number of benzene rings is 1. The van der Waals surface area contributed by atoms with Gasteiger partial charge in [0, 0.05) is 0 Å². The smallest absolute Gasteiger partial charge is 0.169 e. The number of rotatable bonds is 3. The lowest BCUT2D eigenvalue weighted by Crippen LogP contribution is -2.05. The molecule has 0 aliphatic heterocycles. The summed E-state index contributed by atoms with van der Waals surface area (Å²) in [6.45, 7) is 4.04. The van der Waals surface area contributed by atoms with Crippen molar-refractivity contribution < 1.29 is 4.74 Å². The molecule has 0 bridgehead atoms. The van der Waals surface area contributed by atoms with Gasteiger partial charge < -0.3 is 10.5 Å². The van der Waals surface area contributed by atoms with E-state index < -0.39 is 0 Å². The van der Waals surface area contributed by atoms with E-state index in [1.165, 1.54) is 0 Å². The Kier molecular flexibility index (Phi) is 2.99. The van der Waals surface area contributed by atoms with Crippen molar-refractivity contribution in [2.24, 2.45) is 0 Å². The molecule has 0 saturated carbocycles. The van der Waals surface area contributed by atoms with Crippen LogP contribution in [0.5, 0.6) is 5.75 Å². The van der Waals surface area contributed by atoms with Gasteiger partial charge >= 0.3 is 0 Å². The number of nitrogens with two attached hydrogens (primary N) is 1. The molecule has 1 aromatic heterocycles. The van der Waals surface area contributed by atoms with Crippen LogP contribution in [0.2, 0.25) is 0 Å². The Balaban J connectivity index is 2.62. The SMILES string of the molecule is CCc1c(N)nnn1-c1cc(C)ccc1OC. The summed E-state index contributed by atoms with van der Waals surface area (Å²) in [7, 11) is 1.64. The maximum Gasteiger partial charge on any atom is 0.169 e. The zero-order chi connectivity index (χ0) is 12.4. The van der Waals surface area contributed by atoms with Crippen molar-refractivity contribution in [2.45, 2.75) is 20.3 Å². The molecule has 1 heterocycles. The Bertz CT molecular complexity index is 533. The van der Waals surface area contributed by atoms with Gasteiger partial charge in [0.1, 0.15) is 11.4 Å². The van der Waals surface area contributed by atoms with Crippen molar-refractivity contribution in [2.75, 3.05) is 12.8 Å². The van der Waals surface area contributed by atoms with E-state index in [4.69, 9.17) is 10.5 Å². The molecule has 0 saturated heterocycles. The van der Waals surface area contributed by atoms with Crippen molar-refractivity contribution in [3.8, 4) is 11.4 Å². The molecule has 0 aliphatic rings. The summed E-state index contributed by atoms with van der Waals surface area (Å²) in [4.78, 5) is 0. The lowest BCUT2D eigenvalue weighted by Gasteiger charge is -2.10. The van der Waals surface area contributed by atoms with Gasteiger partial charge in [-0.15, -0.1) is 5.10 Å². The topological polar surface area (TPSA) is 66.0 Å². The third-order valence-electron chi connectivity index (χ3n) is 2.69. The molecule has 5 heteroatoms. The first-order valence-corrected chi connectivity index (χ1v) is 5.52. The number of aromatic nitrogens is 3. The van der Waals surface area contributed by atoms with E-state index in [0.717, 1.165) is 29.1 Å². The highest BCUT2D eigenvalue weighted by Gasteiger charge is 2.13. The van der Waals surface area contributed by atoms with Crippen LogP contribution >= 0.6 is 0 Å². The van der Waals surface area contributed by atoms with E-state index in [0.29, 0.717) is 5.82 Å². The first-order chi connectivity index (χ1) is 8.17. The number of anilines is 1. The van der Waals surface area contributed by atoms with E-state index in [2.05, 4.69) is 10.3 Å². The lowest BCUT2D eigenvalue weighted by atomic mass is 10.2. The standard InChI is InChI=1S/C12H16N4O/c1-4-9-12(13)14-15-16(9)10-7-8(2)5-6-11(10)17-3/h5-7H,4,13H2,1-3H3. The highest BCUT2D eigenvalue weighted by atomic mass is 16.5. The lowest BCUT2D eigenvalue weighted by molar-refractivity contribution is 0.411. The average Bonchev–Trinajstić information content (AvgIpc) is 2.70. The largest absolute Gasteiger partial charge is 0.494 e. The minimum atomic E-state index is 0.469. The van der Waals surface area contributed by atoms with Crippen LogP contribution in [0.1, 0.15) is 18.2 Å². The number of nitrogens with zero attached hydrogens (tertiary/aromatic N) is 3. The van der Waals surface area contributed by atoms with Crippen molar-refractivity contribution in [1.82, 2.24) is 15.0 Å². The maximum absolute atomic E-state index is 5.78. The third-order valence-corrected chi connectivity index (χ3v) is 2.69. The average molecular weight is 232 g/mol. The summed E-state index contributed by atoms with van der Waals surface area (Å²) in [5.74, 6) is 1.23. The summed E-state index contributed by atoms with van der Waals surface area (Å²) in [5, 5.41) is 7.97. The predicted molar refractivity (Wildman–Crippen MR) is 66.4 cm³/mol. The van der Waals surface area contributed by atoms with Gasteiger partial charge in [-0.3, -0.25) is 0 Å². The molecule has 0 spiro atoms. The molecule has 2 aromatic rings. The van der Waals surface area contributed by atoms with Crippen molar-refractivity contribution in [1.29, 1.82) is 0 Å². The van der Waals surface area contributed by atoms with E-state index >= 15 is 0 Å². The van der Waals surface area contributed by atoms with Crippen molar-refractivity contribution >= 4 is 5.82 Å². The molecule has 0 amide bonds. The summed E-state index contributed by atoms with van der Waals surface area (Å²) in [6, 6.07) is 5.92. The molecule has 0 fully saturated rings. The first kappa shape index (κ1) is 11.4. The Morgan fingerprint density at radius 3 is 2.82 bits per heavy atom. The van der Waals surface area contributed by atoms with E-state index in [1.54, 1.807) is 11.8 Å². The quantitative estimate of drug-likeness (QED) is 0.875. The van der Waals surface area contributed by atoms with Crippen LogP contribution in [-0.2, 0) is 6.42 Å². The molecular formula is C12H16N4O. The molecule has 0 aliphatic carbocycles. The van der Waals surface area contributed by atoms with Crippen LogP contribution in [-0.4, -0.2) is 22.1 Å². The van der Waals surface area contributed by atoms with Crippen LogP contribution in [0.3, 0.4) is 0 Å². The van der Waals surface area contributed by atoms with E-state index in [9.17, 15) is 0 Å². The minimum absolute atomic E-state index is 0.469. The maximum atomic E-state index is 5.78. The molecule has 2 rings (SSSR count). The van der Waals surface area contributed by atoms with Crippen LogP contribution in [0.15, 0.2) is 18.2 Å². The minimum Gasteiger partial charge on any atom is -0.494 e. The predicted octanol–water partition coefficient (Wildman–Crippen LogP) is 1.73. The second-order valence-corrected chi connectivity index (χ2v) is 3.86. The highest BCUT2D eigenvalue weighted by molar-refractivity contribution is 5.51. The van der Waals surface area contributed by atoms with Gasteiger partial charge in [0.25, 0.3) is 0 Å². The Morgan fingerprint density at radius 2 is 2.18 bits per heavy atom. The molecule has 17 heavy (non-hydrogen) atoms. The molecule has 0 unspecified atom stereocenters. The Hall–Kier alpha value is -2.04. The van der Waals surface area contributed by atoms with Crippen LogP contribution in [0.25, 0.3) is 5.69 Å². The number of aryl methyl sites for hydroxylation is 1. The summed E-state index contributed by atoms with van der Waals surface area (Å²) < 4.78 is 7.07. The van der Waals surface area contributed by atoms with Crippen LogP contribution in [0, 0.1) is 6.92 Å². The second-order valence-electron chi connectivity index (χ2n) is 3.86. The van der Waals surface area contributed by atoms with Crippen LogP contribution < -0.4 is 10.5 Å². The molecule has 90 valence electrons. The van der Waals surface area contributed by atoms with Crippen molar-refractivity contribution in [3.05, 3.63) is 29.5 Å². The fraction of sp³-hybridized carbons (Fsp3) is 0.333. The zero-order valence-corrected chi connectivity index (χ0v) is 10.3. The Morgan fingerprint density at radius 1 is 1.41 bits per heavy atom. The number of methoxy groups -OCH3 is 1. The first-order valence-electron chi connectivity index (χ1n) is 5.52. The third kappa shape index (κ3) is 1.95. The van der Waals surface area contributed by atoms with E-state index in [1.807, 2.05) is 32.0 Å². The number of ether oxygens (including phenoxy) is 1. The molecule has 2 N–H and O–H groups in total. The van der Waals surface area contributed by atoms with Crippen molar-refractivity contribution in [3.63, 3.8) is 0 Å². The number of nitrogen functional groups attached to an aromatic ring is 1. The second kappa shape index (κ2) is 4.45. The van der Waals surface area contributed by atoms with Gasteiger partial charge in [-0.1, -0.05) is 18.2 Å². The number of hydrogen-bond donors (Lipinski definition) is 1. The van der Waals surface area contributed by atoms with Gasteiger partial charge in [-0.05, 0) is 31.0 Å².